The summed E-state index contributed by atoms with van der Waals surface area (Å²) in [6, 6.07) is 21.3. The van der Waals surface area contributed by atoms with E-state index in [2.05, 4.69) is 79.7 Å². The van der Waals surface area contributed by atoms with E-state index < -0.39 is 0 Å². The molecule has 0 aromatic heterocycles. The van der Waals surface area contributed by atoms with Crippen molar-refractivity contribution in [2.24, 2.45) is 0 Å². The highest BCUT2D eigenvalue weighted by molar-refractivity contribution is 8.22. The van der Waals surface area contributed by atoms with Crippen molar-refractivity contribution < 1.29 is 0 Å². The van der Waals surface area contributed by atoms with Gasteiger partial charge in [0, 0.05) is 15.2 Å². The van der Waals surface area contributed by atoms with Crippen molar-refractivity contribution in [1.82, 2.24) is 0 Å². The standard InChI is InChI=1S/C19H18S2/c1-15-12-18(17-10-6-3-7-11-17)13-19(21-15)20-14-16-8-4-2-5-9-16/h2-13,15H,14H2,1H3. The van der Waals surface area contributed by atoms with Crippen LogP contribution in [0, 0.1) is 0 Å². The van der Waals surface area contributed by atoms with Gasteiger partial charge >= 0.3 is 0 Å². The van der Waals surface area contributed by atoms with Gasteiger partial charge in [-0.2, -0.15) is 0 Å². The number of allylic oxidation sites excluding steroid dienone is 2. The van der Waals surface area contributed by atoms with Crippen molar-refractivity contribution in [1.29, 1.82) is 0 Å². The lowest BCUT2D eigenvalue weighted by molar-refractivity contribution is 1.25. The molecule has 2 aromatic rings. The molecule has 1 unspecified atom stereocenters. The molecule has 0 fully saturated rings. The van der Waals surface area contributed by atoms with Gasteiger partial charge in [0.2, 0.25) is 0 Å². The average Bonchev–Trinajstić information content (AvgIpc) is 2.54. The number of rotatable bonds is 4. The van der Waals surface area contributed by atoms with Crippen LogP contribution in [-0.4, -0.2) is 5.25 Å². The zero-order valence-electron chi connectivity index (χ0n) is 12.0. The predicted octanol–water partition coefficient (Wildman–Crippen LogP) is 5.98. The predicted molar refractivity (Wildman–Crippen MR) is 97.3 cm³/mol. The molecule has 21 heavy (non-hydrogen) atoms. The Hall–Kier alpha value is -1.38. The Balaban J connectivity index is 1.74. The van der Waals surface area contributed by atoms with E-state index >= 15 is 0 Å². The second-order valence-corrected chi connectivity index (χ2v) is 7.74. The monoisotopic (exact) mass is 310 g/mol. The largest absolute Gasteiger partial charge is 0.114 e. The minimum absolute atomic E-state index is 0.531. The molecule has 0 N–H and O–H groups in total. The Kier molecular flexibility index (Phi) is 4.89. The zero-order chi connectivity index (χ0) is 14.5. The fourth-order valence-corrected chi connectivity index (χ4v) is 4.69. The van der Waals surface area contributed by atoms with Crippen molar-refractivity contribution in [3.05, 3.63) is 88.2 Å². The molecule has 1 atom stereocenters. The maximum absolute atomic E-state index is 2.35. The van der Waals surface area contributed by atoms with Gasteiger partial charge in [0.15, 0.2) is 0 Å². The molecule has 1 aliphatic heterocycles. The molecule has 0 radical (unpaired) electrons. The summed E-state index contributed by atoms with van der Waals surface area (Å²) < 4.78 is 1.41. The van der Waals surface area contributed by atoms with Gasteiger partial charge in [0.25, 0.3) is 0 Å². The van der Waals surface area contributed by atoms with E-state index in [0.717, 1.165) is 5.75 Å². The van der Waals surface area contributed by atoms with Gasteiger partial charge in [0.05, 0.1) is 0 Å². The fourth-order valence-electron chi connectivity index (χ4n) is 2.29. The summed E-state index contributed by atoms with van der Waals surface area (Å²) in [5.41, 5.74) is 4.03. The van der Waals surface area contributed by atoms with Crippen LogP contribution in [0.25, 0.3) is 5.57 Å². The van der Waals surface area contributed by atoms with Crippen molar-refractivity contribution in [2.45, 2.75) is 17.9 Å². The summed E-state index contributed by atoms with van der Waals surface area (Å²) in [7, 11) is 0. The molecule has 106 valence electrons. The molecule has 0 bridgehead atoms. The molecule has 0 spiro atoms. The maximum Gasteiger partial charge on any atom is 0.0415 e. The van der Waals surface area contributed by atoms with Crippen molar-refractivity contribution in [2.75, 3.05) is 0 Å². The molecule has 2 heteroatoms. The number of hydrogen-bond acceptors (Lipinski definition) is 2. The first-order valence-electron chi connectivity index (χ1n) is 7.13. The summed E-state index contributed by atoms with van der Waals surface area (Å²) in [5, 5.41) is 0.531. The highest BCUT2D eigenvalue weighted by Gasteiger charge is 2.13. The second kappa shape index (κ2) is 7.06. The van der Waals surface area contributed by atoms with Gasteiger partial charge in [-0.15, -0.1) is 23.5 Å². The van der Waals surface area contributed by atoms with Crippen LogP contribution >= 0.6 is 23.5 Å². The first kappa shape index (κ1) is 14.6. The van der Waals surface area contributed by atoms with Crippen LogP contribution in [0.4, 0.5) is 0 Å². The van der Waals surface area contributed by atoms with E-state index in [4.69, 9.17) is 0 Å². The van der Waals surface area contributed by atoms with E-state index in [1.54, 1.807) is 0 Å². The molecule has 0 saturated heterocycles. The minimum Gasteiger partial charge on any atom is -0.114 e. The van der Waals surface area contributed by atoms with Gasteiger partial charge < -0.3 is 0 Å². The molecular formula is C19H18S2. The van der Waals surface area contributed by atoms with Crippen LogP contribution in [0.15, 0.2) is 77.1 Å². The number of benzene rings is 2. The Morgan fingerprint density at radius 1 is 0.952 bits per heavy atom. The first-order chi connectivity index (χ1) is 10.3. The van der Waals surface area contributed by atoms with E-state index in [1.807, 2.05) is 23.5 Å². The third kappa shape index (κ3) is 4.05. The van der Waals surface area contributed by atoms with Crippen molar-refractivity contribution >= 4 is 29.1 Å². The Bertz CT molecular complexity index is 642. The van der Waals surface area contributed by atoms with Crippen molar-refractivity contribution in [3.63, 3.8) is 0 Å². The molecule has 1 aliphatic rings. The lowest BCUT2D eigenvalue weighted by Gasteiger charge is -2.18. The summed E-state index contributed by atoms with van der Waals surface area (Å²) in [5.74, 6) is 1.04. The third-order valence-electron chi connectivity index (χ3n) is 3.32. The van der Waals surface area contributed by atoms with Gasteiger partial charge in [-0.05, 0) is 29.7 Å². The van der Waals surface area contributed by atoms with E-state index in [9.17, 15) is 0 Å². The first-order valence-corrected chi connectivity index (χ1v) is 9.00. The third-order valence-corrected chi connectivity index (χ3v) is 5.70. The summed E-state index contributed by atoms with van der Waals surface area (Å²) in [6.07, 6.45) is 4.68. The second-order valence-electron chi connectivity index (χ2n) is 5.05. The topological polar surface area (TPSA) is 0 Å². The van der Waals surface area contributed by atoms with Crippen LogP contribution < -0.4 is 0 Å². The van der Waals surface area contributed by atoms with Crippen LogP contribution in [-0.2, 0) is 5.75 Å². The van der Waals surface area contributed by atoms with Gasteiger partial charge in [-0.25, -0.2) is 0 Å². The maximum atomic E-state index is 2.35. The highest BCUT2D eigenvalue weighted by atomic mass is 32.2. The molecular weight excluding hydrogens is 292 g/mol. The van der Waals surface area contributed by atoms with E-state index in [0.29, 0.717) is 5.25 Å². The molecule has 0 nitrogen and oxygen atoms in total. The van der Waals surface area contributed by atoms with Gasteiger partial charge in [-0.1, -0.05) is 66.7 Å². The summed E-state index contributed by atoms with van der Waals surface area (Å²) in [4.78, 5) is 0. The van der Waals surface area contributed by atoms with E-state index in [1.165, 1.54) is 20.9 Å². The van der Waals surface area contributed by atoms with Gasteiger partial charge in [0.1, 0.15) is 0 Å². The SMILES string of the molecule is CC1C=C(c2ccccc2)C=C(SCc2ccccc2)S1. The molecule has 3 rings (SSSR count). The fraction of sp³-hybridized carbons (Fsp3) is 0.158. The number of hydrogen-bond donors (Lipinski definition) is 0. The van der Waals surface area contributed by atoms with Crippen LogP contribution in [0.3, 0.4) is 0 Å². The van der Waals surface area contributed by atoms with Crippen LogP contribution in [0.2, 0.25) is 0 Å². The Morgan fingerprint density at radius 2 is 1.62 bits per heavy atom. The van der Waals surface area contributed by atoms with Crippen LogP contribution in [0.1, 0.15) is 18.1 Å². The molecule has 0 aliphatic carbocycles. The van der Waals surface area contributed by atoms with E-state index in [-0.39, 0.29) is 0 Å². The zero-order valence-corrected chi connectivity index (χ0v) is 13.7. The quantitative estimate of drug-likeness (QED) is 0.681. The minimum atomic E-state index is 0.531. The highest BCUT2D eigenvalue weighted by Crippen LogP contribution is 2.40. The average molecular weight is 310 g/mol. The molecule has 0 amide bonds. The molecule has 2 aromatic carbocycles. The van der Waals surface area contributed by atoms with Crippen LogP contribution in [0.5, 0.6) is 0 Å². The smallest absolute Gasteiger partial charge is 0.0415 e. The summed E-state index contributed by atoms with van der Waals surface area (Å²) >= 11 is 3.89. The summed E-state index contributed by atoms with van der Waals surface area (Å²) in [6.45, 7) is 2.27. The molecule has 1 heterocycles. The van der Waals surface area contributed by atoms with Crippen molar-refractivity contribution in [3.8, 4) is 0 Å². The van der Waals surface area contributed by atoms with Gasteiger partial charge in [-0.3, -0.25) is 0 Å². The number of thioether (sulfide) groups is 2. The lowest BCUT2D eigenvalue weighted by atomic mass is 10.1. The Labute approximate surface area is 135 Å². The molecule has 0 saturated carbocycles. The Morgan fingerprint density at radius 3 is 2.33 bits per heavy atom. The lowest BCUT2D eigenvalue weighted by Crippen LogP contribution is -1.98. The normalized spacial score (nSPS) is 18.0.